The molecule has 1 aromatic rings. The molecule has 1 heterocycles. The quantitative estimate of drug-likeness (QED) is 0.665. The summed E-state index contributed by atoms with van der Waals surface area (Å²) in [4.78, 5) is 36.4. The Bertz CT molecular complexity index is 687. The van der Waals surface area contributed by atoms with Crippen molar-refractivity contribution in [2.45, 2.75) is 6.92 Å². The first kappa shape index (κ1) is 17.0. The first-order valence-corrected chi connectivity index (χ1v) is 7.39. The van der Waals surface area contributed by atoms with Crippen molar-refractivity contribution in [2.24, 2.45) is 0 Å². The predicted molar refractivity (Wildman–Crippen MR) is 85.0 cm³/mol. The van der Waals surface area contributed by atoms with Crippen LogP contribution >= 0.6 is 11.6 Å². The van der Waals surface area contributed by atoms with Gasteiger partial charge in [0.1, 0.15) is 5.70 Å². The zero-order valence-corrected chi connectivity index (χ0v) is 13.2. The van der Waals surface area contributed by atoms with Crippen molar-refractivity contribution in [3.8, 4) is 0 Å². The van der Waals surface area contributed by atoms with Gasteiger partial charge in [-0.3, -0.25) is 19.3 Å². The van der Waals surface area contributed by atoms with Crippen LogP contribution in [0.3, 0.4) is 0 Å². The van der Waals surface area contributed by atoms with E-state index in [1.54, 1.807) is 13.0 Å². The number of anilines is 1. The van der Waals surface area contributed by atoms with Gasteiger partial charge in [0.15, 0.2) is 0 Å². The maximum absolute atomic E-state index is 12.0. The maximum atomic E-state index is 12.0. The van der Waals surface area contributed by atoms with Gasteiger partial charge in [0.2, 0.25) is 0 Å². The van der Waals surface area contributed by atoms with Gasteiger partial charge in [0.25, 0.3) is 17.7 Å². The first-order valence-electron chi connectivity index (χ1n) is 7.01. The van der Waals surface area contributed by atoms with Gasteiger partial charge in [-0.15, -0.1) is 0 Å². The summed E-state index contributed by atoms with van der Waals surface area (Å²) in [6.45, 7) is 1.93. The first-order chi connectivity index (χ1) is 11.0. The lowest BCUT2D eigenvalue weighted by Gasteiger charge is -2.14. The van der Waals surface area contributed by atoms with Gasteiger partial charge in [-0.05, 0) is 25.1 Å². The number of β-amino-alcohol motifs (C(OH)–C–C–N with tert-alkyl or cyclic N) is 1. The lowest BCUT2D eigenvalue weighted by Crippen LogP contribution is -2.34. The minimum Gasteiger partial charge on any atom is -0.395 e. The second-order valence-corrected chi connectivity index (χ2v) is 5.16. The Kier molecular flexibility index (Phi) is 5.36. The molecule has 2 rings (SSSR count). The van der Waals surface area contributed by atoms with E-state index >= 15 is 0 Å². The lowest BCUT2D eigenvalue weighted by atomic mass is 10.2. The van der Waals surface area contributed by atoms with Crippen LogP contribution in [0, 0.1) is 0 Å². The number of nitrogens with zero attached hydrogens (tertiary/aromatic N) is 1. The van der Waals surface area contributed by atoms with E-state index in [0.29, 0.717) is 17.8 Å². The molecule has 1 aliphatic heterocycles. The molecule has 3 N–H and O–H groups in total. The maximum Gasteiger partial charge on any atom is 0.277 e. The Morgan fingerprint density at radius 3 is 2.70 bits per heavy atom. The molecule has 3 amide bonds. The molecule has 8 heteroatoms. The van der Waals surface area contributed by atoms with Crippen LogP contribution in [0.15, 0.2) is 30.0 Å². The fourth-order valence-electron chi connectivity index (χ4n) is 2.10. The SMILES string of the molecule is CCNC(=O)c1ccc(NC2=CC(=O)N(CCO)C2=O)cc1Cl. The van der Waals surface area contributed by atoms with Gasteiger partial charge in [-0.1, -0.05) is 11.6 Å². The molecule has 0 spiro atoms. The van der Waals surface area contributed by atoms with Gasteiger partial charge >= 0.3 is 0 Å². The molecular weight excluding hydrogens is 322 g/mol. The Labute approximate surface area is 137 Å². The number of nitrogens with one attached hydrogen (secondary N) is 2. The molecule has 0 radical (unpaired) electrons. The zero-order chi connectivity index (χ0) is 17.0. The highest BCUT2D eigenvalue weighted by molar-refractivity contribution is 6.34. The second kappa shape index (κ2) is 7.26. The minimum atomic E-state index is -0.520. The summed E-state index contributed by atoms with van der Waals surface area (Å²) in [7, 11) is 0. The average Bonchev–Trinajstić information content (AvgIpc) is 2.75. The molecule has 0 saturated carbocycles. The van der Waals surface area contributed by atoms with Gasteiger partial charge in [0, 0.05) is 18.3 Å². The van der Waals surface area contributed by atoms with Crippen molar-refractivity contribution in [1.29, 1.82) is 0 Å². The van der Waals surface area contributed by atoms with Crippen LogP contribution in [0.4, 0.5) is 5.69 Å². The van der Waals surface area contributed by atoms with Crippen LogP contribution in [-0.4, -0.2) is 47.4 Å². The van der Waals surface area contributed by atoms with E-state index in [1.165, 1.54) is 12.1 Å². The van der Waals surface area contributed by atoms with E-state index in [-0.39, 0.29) is 29.8 Å². The summed E-state index contributed by atoms with van der Waals surface area (Å²) in [6.07, 6.45) is 1.16. The van der Waals surface area contributed by atoms with Crippen LogP contribution in [0.1, 0.15) is 17.3 Å². The number of hydrogen-bond acceptors (Lipinski definition) is 5. The standard InChI is InChI=1S/C15H16ClN3O4/c1-2-17-14(22)10-4-3-9(7-11(10)16)18-12-8-13(21)19(5-6-20)15(12)23/h3-4,7-8,18,20H,2,5-6H2,1H3,(H,17,22). The third kappa shape index (κ3) is 3.69. The highest BCUT2D eigenvalue weighted by Crippen LogP contribution is 2.23. The van der Waals surface area contributed by atoms with E-state index in [4.69, 9.17) is 16.7 Å². The number of rotatable bonds is 6. The zero-order valence-electron chi connectivity index (χ0n) is 12.4. The molecule has 1 aromatic carbocycles. The fraction of sp³-hybridized carbons (Fsp3) is 0.267. The van der Waals surface area contributed by atoms with Crippen molar-refractivity contribution in [2.75, 3.05) is 25.0 Å². The molecule has 0 saturated heterocycles. The number of halogens is 1. The van der Waals surface area contributed by atoms with E-state index in [0.717, 1.165) is 11.0 Å². The number of benzene rings is 1. The Morgan fingerprint density at radius 1 is 1.35 bits per heavy atom. The number of hydrogen-bond donors (Lipinski definition) is 3. The number of carbonyl (C=O) groups excluding carboxylic acids is 3. The molecule has 0 aromatic heterocycles. The molecule has 0 unspecified atom stereocenters. The van der Waals surface area contributed by atoms with E-state index in [9.17, 15) is 14.4 Å². The summed E-state index contributed by atoms with van der Waals surface area (Å²) in [6, 6.07) is 4.62. The number of carbonyl (C=O) groups is 3. The summed E-state index contributed by atoms with van der Waals surface area (Å²) in [5.74, 6) is -1.30. The predicted octanol–water partition coefficient (Wildman–Crippen LogP) is 0.747. The monoisotopic (exact) mass is 337 g/mol. The molecule has 7 nitrogen and oxygen atoms in total. The van der Waals surface area contributed by atoms with Gasteiger partial charge < -0.3 is 15.7 Å². The van der Waals surface area contributed by atoms with Crippen molar-refractivity contribution in [1.82, 2.24) is 10.2 Å². The van der Waals surface area contributed by atoms with Gasteiger partial charge in [0.05, 0.1) is 23.7 Å². The van der Waals surface area contributed by atoms with Crippen molar-refractivity contribution in [3.05, 3.63) is 40.6 Å². The normalized spacial score (nSPS) is 14.0. The number of aliphatic hydroxyl groups excluding tert-OH is 1. The third-order valence-corrected chi connectivity index (χ3v) is 3.48. The molecule has 0 atom stereocenters. The fourth-order valence-corrected chi connectivity index (χ4v) is 2.36. The van der Waals surface area contributed by atoms with Gasteiger partial charge in [-0.2, -0.15) is 0 Å². The highest BCUT2D eigenvalue weighted by Gasteiger charge is 2.30. The van der Waals surface area contributed by atoms with Crippen LogP contribution in [0.5, 0.6) is 0 Å². The van der Waals surface area contributed by atoms with Crippen LogP contribution in [0.2, 0.25) is 5.02 Å². The molecule has 0 bridgehead atoms. The lowest BCUT2D eigenvalue weighted by molar-refractivity contribution is -0.137. The Hall–Kier alpha value is -2.38. The molecule has 0 aliphatic carbocycles. The summed E-state index contributed by atoms with van der Waals surface area (Å²) in [5, 5.41) is 14.5. The highest BCUT2D eigenvalue weighted by atomic mass is 35.5. The molecule has 23 heavy (non-hydrogen) atoms. The van der Waals surface area contributed by atoms with Crippen molar-refractivity contribution in [3.63, 3.8) is 0 Å². The summed E-state index contributed by atoms with van der Waals surface area (Å²) < 4.78 is 0. The Morgan fingerprint density at radius 2 is 2.09 bits per heavy atom. The number of amides is 3. The average molecular weight is 338 g/mol. The summed E-state index contributed by atoms with van der Waals surface area (Å²) >= 11 is 6.07. The number of aliphatic hydroxyl groups is 1. The van der Waals surface area contributed by atoms with Crippen LogP contribution < -0.4 is 10.6 Å². The largest absolute Gasteiger partial charge is 0.395 e. The molecular formula is C15H16ClN3O4. The van der Waals surface area contributed by atoms with Crippen molar-refractivity contribution < 1.29 is 19.5 Å². The van der Waals surface area contributed by atoms with Crippen LogP contribution in [-0.2, 0) is 9.59 Å². The van der Waals surface area contributed by atoms with E-state index < -0.39 is 11.8 Å². The van der Waals surface area contributed by atoms with Gasteiger partial charge in [-0.25, -0.2) is 0 Å². The molecule has 122 valence electrons. The van der Waals surface area contributed by atoms with Crippen LogP contribution in [0.25, 0.3) is 0 Å². The third-order valence-electron chi connectivity index (χ3n) is 3.16. The smallest absolute Gasteiger partial charge is 0.277 e. The van der Waals surface area contributed by atoms with E-state index in [2.05, 4.69) is 10.6 Å². The summed E-state index contributed by atoms with van der Waals surface area (Å²) in [5.41, 5.74) is 0.885. The molecule has 1 aliphatic rings. The Balaban J connectivity index is 2.14. The van der Waals surface area contributed by atoms with E-state index in [1.807, 2.05) is 0 Å². The topological polar surface area (TPSA) is 98.7 Å². The number of imide groups is 1. The second-order valence-electron chi connectivity index (χ2n) is 4.76. The minimum absolute atomic E-state index is 0.0593. The molecule has 0 fully saturated rings. The van der Waals surface area contributed by atoms with Crippen molar-refractivity contribution >= 4 is 35.0 Å².